The fourth-order valence-electron chi connectivity index (χ4n) is 3.66. The van der Waals surface area contributed by atoms with Crippen molar-refractivity contribution in [2.24, 2.45) is 0 Å². The molecule has 0 spiro atoms. The molecule has 0 radical (unpaired) electrons. The van der Waals surface area contributed by atoms with Crippen LogP contribution < -0.4 is 4.18 Å². The number of halogens is 2. The largest absolute Gasteiger partial charge is 0.379 e. The minimum absolute atomic E-state index is 0.00408. The van der Waals surface area contributed by atoms with Crippen LogP contribution in [0.15, 0.2) is 47.5 Å². The van der Waals surface area contributed by atoms with Crippen LogP contribution in [0.2, 0.25) is 0 Å². The Balaban J connectivity index is 1.69. The van der Waals surface area contributed by atoms with Gasteiger partial charge in [-0.3, -0.25) is 0 Å². The lowest BCUT2D eigenvalue weighted by molar-refractivity contribution is 0.252. The third-order valence-electron chi connectivity index (χ3n) is 5.22. The second kappa shape index (κ2) is 7.18. The number of fused-ring (bicyclic) bond motifs is 1. The summed E-state index contributed by atoms with van der Waals surface area (Å²) in [5.74, 6) is -2.37. The number of hydrogen-bond acceptors (Lipinski definition) is 4. The molecule has 4 rings (SSSR count). The molecule has 1 saturated heterocycles. The molecular formula is C20H20F2N2O3S. The topological polar surface area (TPSA) is 62.4 Å². The summed E-state index contributed by atoms with van der Waals surface area (Å²) in [6.07, 6.45) is 3.07. The first kappa shape index (κ1) is 18.9. The van der Waals surface area contributed by atoms with Gasteiger partial charge in [0, 0.05) is 17.1 Å². The number of H-pyrrole nitrogens is 1. The van der Waals surface area contributed by atoms with Gasteiger partial charge in [-0.25, -0.2) is 8.78 Å². The van der Waals surface area contributed by atoms with Gasteiger partial charge in [0.25, 0.3) is 0 Å². The lowest BCUT2D eigenvalue weighted by Crippen LogP contribution is -2.29. The number of rotatable bonds is 4. The van der Waals surface area contributed by atoms with E-state index in [2.05, 4.69) is 9.88 Å². The Bertz CT molecular complexity index is 1120. The van der Waals surface area contributed by atoms with Crippen LogP contribution >= 0.6 is 0 Å². The van der Waals surface area contributed by atoms with Crippen LogP contribution in [0.1, 0.15) is 24.3 Å². The van der Waals surface area contributed by atoms with Crippen molar-refractivity contribution in [1.29, 1.82) is 0 Å². The van der Waals surface area contributed by atoms with E-state index in [-0.39, 0.29) is 17.2 Å². The highest BCUT2D eigenvalue weighted by atomic mass is 32.2. The van der Waals surface area contributed by atoms with Crippen molar-refractivity contribution in [3.63, 3.8) is 0 Å². The van der Waals surface area contributed by atoms with Gasteiger partial charge in [-0.05, 0) is 74.8 Å². The molecule has 2 aromatic carbocycles. The minimum atomic E-state index is -4.67. The van der Waals surface area contributed by atoms with Crippen molar-refractivity contribution in [2.75, 3.05) is 20.1 Å². The average molecular weight is 406 g/mol. The molecular weight excluding hydrogens is 386 g/mol. The standard InChI is InChI=1S/C20H20F2N2O3S/c1-24-10-7-13(8-11-24)16-3-4-17(21)20(19(16)22)28(25,26)27-15-2-5-18-14(12-15)6-9-23-18/h2-6,9,12-13,23H,7-8,10-11H2,1H3. The van der Waals surface area contributed by atoms with Gasteiger partial charge < -0.3 is 14.1 Å². The molecule has 3 aromatic rings. The monoisotopic (exact) mass is 406 g/mol. The Morgan fingerprint density at radius 3 is 2.61 bits per heavy atom. The van der Waals surface area contributed by atoms with Crippen molar-refractivity contribution in [2.45, 2.75) is 23.7 Å². The van der Waals surface area contributed by atoms with Crippen molar-refractivity contribution in [3.8, 4) is 5.75 Å². The Kier molecular flexibility index (Phi) is 4.84. The highest BCUT2D eigenvalue weighted by Crippen LogP contribution is 2.34. The van der Waals surface area contributed by atoms with Crippen molar-refractivity contribution < 1.29 is 21.4 Å². The van der Waals surface area contributed by atoms with Gasteiger partial charge in [-0.1, -0.05) is 6.07 Å². The summed E-state index contributed by atoms with van der Waals surface area (Å²) in [6, 6.07) is 8.67. The fourth-order valence-corrected chi connectivity index (χ4v) is 4.75. The van der Waals surface area contributed by atoms with E-state index in [0.29, 0.717) is 12.8 Å². The average Bonchev–Trinajstić information content (AvgIpc) is 3.10. The van der Waals surface area contributed by atoms with Gasteiger partial charge in [0.15, 0.2) is 10.7 Å². The summed E-state index contributed by atoms with van der Waals surface area (Å²) < 4.78 is 59.9. The molecule has 148 valence electrons. The lowest BCUT2D eigenvalue weighted by Gasteiger charge is -2.29. The number of hydrogen-bond donors (Lipinski definition) is 1. The van der Waals surface area contributed by atoms with Gasteiger partial charge in [-0.2, -0.15) is 8.42 Å². The van der Waals surface area contributed by atoms with Crippen molar-refractivity contribution >= 4 is 21.0 Å². The number of nitrogens with zero attached hydrogens (tertiary/aromatic N) is 1. The molecule has 5 nitrogen and oxygen atoms in total. The molecule has 1 aliphatic rings. The molecule has 1 aromatic heterocycles. The molecule has 0 bridgehead atoms. The Hall–Kier alpha value is -2.45. The van der Waals surface area contributed by atoms with Gasteiger partial charge in [0.05, 0.1) is 0 Å². The molecule has 0 unspecified atom stereocenters. The molecule has 0 saturated carbocycles. The Morgan fingerprint density at radius 2 is 1.86 bits per heavy atom. The molecule has 1 N–H and O–H groups in total. The van der Waals surface area contributed by atoms with Crippen LogP contribution in [0, 0.1) is 11.6 Å². The summed E-state index contributed by atoms with van der Waals surface area (Å²) in [5, 5.41) is 0.730. The van der Waals surface area contributed by atoms with Crippen molar-refractivity contribution in [1.82, 2.24) is 9.88 Å². The normalized spacial score (nSPS) is 16.5. The van der Waals surface area contributed by atoms with Gasteiger partial charge in [-0.15, -0.1) is 0 Å². The van der Waals surface area contributed by atoms with Gasteiger partial charge in [0.2, 0.25) is 0 Å². The van der Waals surface area contributed by atoms with E-state index >= 15 is 4.39 Å². The van der Waals surface area contributed by atoms with Crippen LogP contribution in [-0.4, -0.2) is 38.4 Å². The highest BCUT2D eigenvalue weighted by Gasteiger charge is 2.31. The number of nitrogens with one attached hydrogen (secondary N) is 1. The molecule has 0 atom stereocenters. The molecule has 28 heavy (non-hydrogen) atoms. The predicted molar refractivity (Wildman–Crippen MR) is 102 cm³/mol. The Morgan fingerprint density at radius 1 is 1.11 bits per heavy atom. The number of benzene rings is 2. The highest BCUT2D eigenvalue weighted by molar-refractivity contribution is 7.87. The van der Waals surface area contributed by atoms with E-state index in [1.54, 1.807) is 18.3 Å². The second-order valence-corrected chi connectivity index (χ2v) is 8.60. The van der Waals surface area contributed by atoms with Gasteiger partial charge in [0.1, 0.15) is 11.6 Å². The maximum absolute atomic E-state index is 15.1. The van der Waals surface area contributed by atoms with Crippen LogP contribution in [0.25, 0.3) is 10.9 Å². The van der Waals surface area contributed by atoms with Crippen LogP contribution in [0.5, 0.6) is 5.75 Å². The summed E-state index contributed by atoms with van der Waals surface area (Å²) >= 11 is 0. The number of aromatic amines is 1. The van der Waals surface area contributed by atoms with E-state index in [9.17, 15) is 12.8 Å². The number of likely N-dealkylation sites (tertiary alicyclic amines) is 1. The zero-order valence-corrected chi connectivity index (χ0v) is 16.1. The first-order chi connectivity index (χ1) is 13.3. The summed E-state index contributed by atoms with van der Waals surface area (Å²) in [4.78, 5) is 4.07. The Labute approximate surface area is 162 Å². The third-order valence-corrected chi connectivity index (χ3v) is 6.50. The zero-order valence-electron chi connectivity index (χ0n) is 15.3. The summed E-state index contributed by atoms with van der Waals surface area (Å²) in [7, 11) is -2.69. The number of aromatic nitrogens is 1. The smallest absolute Gasteiger partial charge is 0.345 e. The lowest BCUT2D eigenvalue weighted by atomic mass is 9.89. The van der Waals surface area contributed by atoms with Gasteiger partial charge >= 0.3 is 10.1 Å². The van der Waals surface area contributed by atoms with E-state index in [1.165, 1.54) is 18.2 Å². The molecule has 2 heterocycles. The molecule has 1 fully saturated rings. The van der Waals surface area contributed by atoms with Crippen LogP contribution in [0.3, 0.4) is 0 Å². The van der Waals surface area contributed by atoms with Crippen LogP contribution in [-0.2, 0) is 10.1 Å². The van der Waals surface area contributed by atoms with Crippen LogP contribution in [0.4, 0.5) is 8.78 Å². The molecule has 1 aliphatic heterocycles. The molecule has 0 amide bonds. The maximum Gasteiger partial charge on any atom is 0.345 e. The van der Waals surface area contributed by atoms with Crippen molar-refractivity contribution in [3.05, 3.63) is 59.8 Å². The van der Waals surface area contributed by atoms with E-state index in [1.807, 2.05) is 7.05 Å². The second-order valence-electron chi connectivity index (χ2n) is 7.12. The summed E-state index contributed by atoms with van der Waals surface area (Å²) in [6.45, 7) is 1.55. The predicted octanol–water partition coefficient (Wildman–Crippen LogP) is 4.02. The fraction of sp³-hybridized carbons (Fsp3) is 0.300. The maximum atomic E-state index is 15.1. The van der Waals surface area contributed by atoms with E-state index < -0.39 is 26.6 Å². The zero-order chi connectivity index (χ0) is 19.9. The minimum Gasteiger partial charge on any atom is -0.379 e. The van der Waals surface area contributed by atoms with E-state index in [0.717, 1.165) is 30.1 Å². The SMILES string of the molecule is CN1CCC(c2ccc(F)c(S(=O)(=O)Oc3ccc4[nH]ccc4c3)c2F)CC1. The number of piperidine rings is 1. The molecule has 8 heteroatoms. The van der Waals surface area contributed by atoms with E-state index in [4.69, 9.17) is 4.18 Å². The summed E-state index contributed by atoms with van der Waals surface area (Å²) in [5.41, 5.74) is 1.02. The first-order valence-electron chi connectivity index (χ1n) is 9.03. The molecule has 0 aliphatic carbocycles. The third kappa shape index (κ3) is 3.49. The quantitative estimate of drug-likeness (QED) is 0.665. The first-order valence-corrected chi connectivity index (χ1v) is 10.4.